The summed E-state index contributed by atoms with van der Waals surface area (Å²) >= 11 is 0. The lowest BCUT2D eigenvalue weighted by atomic mass is 9.98. The molecule has 112 valence electrons. The number of rotatable bonds is 5. The van der Waals surface area contributed by atoms with E-state index in [1.54, 1.807) is 12.3 Å². The molecule has 0 amide bonds. The molecule has 1 aromatic heterocycles. The summed E-state index contributed by atoms with van der Waals surface area (Å²) in [4.78, 5) is 4.00. The van der Waals surface area contributed by atoms with Crippen molar-refractivity contribution in [2.45, 2.75) is 19.8 Å². The van der Waals surface area contributed by atoms with Gasteiger partial charge >= 0.3 is 10.2 Å². The Labute approximate surface area is 120 Å². The van der Waals surface area contributed by atoms with Crippen LogP contribution in [0.5, 0.6) is 0 Å². The smallest absolute Gasteiger partial charge is 0.301 e. The highest BCUT2D eigenvalue weighted by atomic mass is 32.2. The molecule has 20 heavy (non-hydrogen) atoms. The Kier molecular flexibility index (Phi) is 4.95. The van der Waals surface area contributed by atoms with Crippen LogP contribution >= 0.6 is 0 Å². The predicted octanol–water partition coefficient (Wildman–Crippen LogP) is 0.978. The lowest BCUT2D eigenvalue weighted by molar-refractivity contribution is 0.272. The molecule has 0 unspecified atom stereocenters. The maximum atomic E-state index is 12.3. The third-order valence-corrected chi connectivity index (χ3v) is 5.07. The Balaban J connectivity index is 1.98. The molecule has 0 saturated carbocycles. The molecule has 0 aromatic carbocycles. The van der Waals surface area contributed by atoms with Gasteiger partial charge in [-0.1, -0.05) is 0 Å². The molecule has 0 aliphatic carbocycles. The molecule has 2 heterocycles. The van der Waals surface area contributed by atoms with Gasteiger partial charge in [-0.25, -0.2) is 0 Å². The minimum atomic E-state index is -3.47. The molecule has 2 N–H and O–H groups in total. The van der Waals surface area contributed by atoms with Crippen molar-refractivity contribution in [3.63, 3.8) is 0 Å². The monoisotopic (exact) mass is 298 g/mol. The number of nitrogens with zero attached hydrogens (tertiary/aromatic N) is 2. The molecule has 2 rings (SSSR count). The first-order valence-corrected chi connectivity index (χ1v) is 8.29. The van der Waals surface area contributed by atoms with Gasteiger partial charge in [0.25, 0.3) is 0 Å². The van der Waals surface area contributed by atoms with Crippen molar-refractivity contribution in [2.75, 3.05) is 31.4 Å². The van der Waals surface area contributed by atoms with E-state index in [4.69, 9.17) is 0 Å². The van der Waals surface area contributed by atoms with Gasteiger partial charge in [-0.2, -0.15) is 12.7 Å². The zero-order valence-corrected chi connectivity index (χ0v) is 12.8. The number of pyridine rings is 1. The van der Waals surface area contributed by atoms with Crippen molar-refractivity contribution in [2.24, 2.45) is 5.92 Å². The Morgan fingerprint density at radius 1 is 1.35 bits per heavy atom. The number of aromatic nitrogens is 1. The van der Waals surface area contributed by atoms with Crippen LogP contribution < -0.4 is 10.0 Å². The fourth-order valence-electron chi connectivity index (χ4n) is 2.47. The first-order valence-electron chi connectivity index (χ1n) is 6.85. The third-order valence-electron chi connectivity index (χ3n) is 3.53. The van der Waals surface area contributed by atoms with Gasteiger partial charge in [-0.3, -0.25) is 9.71 Å². The third kappa shape index (κ3) is 3.91. The average Bonchev–Trinajstić information content (AvgIpc) is 2.39. The van der Waals surface area contributed by atoms with Gasteiger partial charge in [0.1, 0.15) is 0 Å². The average molecular weight is 298 g/mol. The van der Waals surface area contributed by atoms with Crippen molar-refractivity contribution >= 4 is 15.9 Å². The summed E-state index contributed by atoms with van der Waals surface area (Å²) in [5.41, 5.74) is 1.44. The normalized spacial score (nSPS) is 18.1. The molecule has 1 aliphatic rings. The van der Waals surface area contributed by atoms with Crippen molar-refractivity contribution in [1.82, 2.24) is 14.6 Å². The second-order valence-electron chi connectivity index (χ2n) is 5.26. The zero-order chi connectivity index (χ0) is 14.6. The highest BCUT2D eigenvalue weighted by Crippen LogP contribution is 2.20. The van der Waals surface area contributed by atoms with Crippen molar-refractivity contribution in [1.29, 1.82) is 0 Å². The summed E-state index contributed by atoms with van der Waals surface area (Å²) in [5, 5.41) is 3.15. The lowest BCUT2D eigenvalue weighted by Gasteiger charge is -2.31. The van der Waals surface area contributed by atoms with Crippen LogP contribution in [0.1, 0.15) is 18.4 Å². The van der Waals surface area contributed by atoms with E-state index in [-0.39, 0.29) is 0 Å². The summed E-state index contributed by atoms with van der Waals surface area (Å²) < 4.78 is 28.7. The molecule has 0 spiro atoms. The van der Waals surface area contributed by atoms with Gasteiger partial charge in [-0.15, -0.1) is 0 Å². The number of anilines is 1. The molecular weight excluding hydrogens is 276 g/mol. The topological polar surface area (TPSA) is 74.3 Å². The van der Waals surface area contributed by atoms with Crippen LogP contribution in [0.4, 0.5) is 5.69 Å². The number of nitrogens with one attached hydrogen (secondary N) is 2. The van der Waals surface area contributed by atoms with Gasteiger partial charge in [0.2, 0.25) is 0 Å². The van der Waals surface area contributed by atoms with E-state index >= 15 is 0 Å². The molecule has 1 saturated heterocycles. The molecule has 1 aromatic rings. The Morgan fingerprint density at radius 2 is 2.05 bits per heavy atom. The Bertz CT molecular complexity index is 539. The highest BCUT2D eigenvalue weighted by molar-refractivity contribution is 7.90. The summed E-state index contributed by atoms with van der Waals surface area (Å²) in [6.45, 7) is 3.97. The summed E-state index contributed by atoms with van der Waals surface area (Å²) in [6.07, 6.45) is 5.01. The second kappa shape index (κ2) is 6.51. The second-order valence-corrected chi connectivity index (χ2v) is 6.93. The van der Waals surface area contributed by atoms with E-state index in [1.165, 1.54) is 10.5 Å². The number of hydrogen-bond donors (Lipinski definition) is 2. The van der Waals surface area contributed by atoms with Crippen LogP contribution in [0.3, 0.4) is 0 Å². The van der Waals surface area contributed by atoms with Crippen molar-refractivity contribution in [3.05, 3.63) is 24.0 Å². The van der Waals surface area contributed by atoms with Crippen LogP contribution in [0.15, 0.2) is 18.5 Å². The van der Waals surface area contributed by atoms with E-state index in [1.807, 2.05) is 14.0 Å². The molecule has 0 atom stereocenters. The molecule has 0 bridgehead atoms. The predicted molar refractivity (Wildman–Crippen MR) is 79.7 cm³/mol. The lowest BCUT2D eigenvalue weighted by Crippen LogP contribution is -2.43. The SMILES string of the molecule is CNCC1CCN(S(=O)(=O)Nc2cncc(C)c2)CC1. The number of piperidine rings is 1. The van der Waals surface area contributed by atoms with E-state index in [0.717, 1.165) is 24.9 Å². The standard InChI is InChI=1S/C13H22N4O2S/c1-11-7-13(10-15-8-11)16-20(18,19)17-5-3-12(4-6-17)9-14-2/h7-8,10,12,14,16H,3-6,9H2,1-2H3. The number of aryl methyl sites for hydroxylation is 1. The van der Waals surface area contributed by atoms with E-state index in [9.17, 15) is 8.42 Å². The summed E-state index contributed by atoms with van der Waals surface area (Å²) in [7, 11) is -1.54. The quantitative estimate of drug-likeness (QED) is 0.850. The van der Waals surface area contributed by atoms with Gasteiger partial charge in [0, 0.05) is 19.3 Å². The molecule has 0 radical (unpaired) electrons. The van der Waals surface area contributed by atoms with Crippen LogP contribution in [0.2, 0.25) is 0 Å². The molecule has 7 heteroatoms. The van der Waals surface area contributed by atoms with Crippen LogP contribution in [0, 0.1) is 12.8 Å². The fourth-order valence-corrected chi connectivity index (χ4v) is 3.70. The fraction of sp³-hybridized carbons (Fsp3) is 0.615. The minimum absolute atomic E-state index is 0.516. The maximum absolute atomic E-state index is 12.3. The van der Waals surface area contributed by atoms with Gasteiger partial charge in [0.15, 0.2) is 0 Å². The number of hydrogen-bond acceptors (Lipinski definition) is 4. The maximum Gasteiger partial charge on any atom is 0.301 e. The minimum Gasteiger partial charge on any atom is -0.319 e. The van der Waals surface area contributed by atoms with Gasteiger partial charge in [0.05, 0.1) is 11.9 Å². The molecule has 1 fully saturated rings. The van der Waals surface area contributed by atoms with E-state index in [2.05, 4.69) is 15.0 Å². The highest BCUT2D eigenvalue weighted by Gasteiger charge is 2.27. The van der Waals surface area contributed by atoms with E-state index in [0.29, 0.717) is 24.7 Å². The van der Waals surface area contributed by atoms with E-state index < -0.39 is 10.2 Å². The summed E-state index contributed by atoms with van der Waals surface area (Å²) in [6, 6.07) is 1.78. The van der Waals surface area contributed by atoms with Crippen molar-refractivity contribution in [3.8, 4) is 0 Å². The molecule has 1 aliphatic heterocycles. The van der Waals surface area contributed by atoms with Crippen LogP contribution in [-0.2, 0) is 10.2 Å². The van der Waals surface area contributed by atoms with Crippen molar-refractivity contribution < 1.29 is 8.42 Å². The van der Waals surface area contributed by atoms with Crippen LogP contribution in [-0.4, -0.2) is 44.4 Å². The Morgan fingerprint density at radius 3 is 2.65 bits per heavy atom. The summed E-state index contributed by atoms with van der Waals surface area (Å²) in [5.74, 6) is 0.562. The molecule has 6 nitrogen and oxygen atoms in total. The van der Waals surface area contributed by atoms with Crippen LogP contribution in [0.25, 0.3) is 0 Å². The molecular formula is C13H22N4O2S. The first-order chi connectivity index (χ1) is 9.51. The van der Waals surface area contributed by atoms with Gasteiger partial charge < -0.3 is 5.32 Å². The van der Waals surface area contributed by atoms with Gasteiger partial charge in [-0.05, 0) is 50.9 Å². The Hall–Kier alpha value is -1.18. The largest absolute Gasteiger partial charge is 0.319 e. The zero-order valence-electron chi connectivity index (χ0n) is 12.0. The first kappa shape index (κ1) is 15.2.